The molecule has 0 aliphatic heterocycles. The van der Waals surface area contributed by atoms with E-state index in [4.69, 9.17) is 4.99 Å². The lowest BCUT2D eigenvalue weighted by molar-refractivity contribution is -0.117. The molecule has 3 heteroatoms. The molecule has 142 valence electrons. The molecule has 1 N–H and O–H groups in total. The Morgan fingerprint density at radius 1 is 1.15 bits per heavy atom. The summed E-state index contributed by atoms with van der Waals surface area (Å²) in [5, 5.41) is 13.2. The molecular weight excluding hydrogens is 334 g/mol. The van der Waals surface area contributed by atoms with Crippen molar-refractivity contribution in [3.8, 4) is 0 Å². The first-order valence-electron chi connectivity index (χ1n) is 9.79. The van der Waals surface area contributed by atoms with Crippen LogP contribution in [0.2, 0.25) is 0 Å². The number of carbonyl (C=O) groups is 1. The van der Waals surface area contributed by atoms with Crippen LogP contribution in [-0.4, -0.2) is 22.6 Å². The van der Waals surface area contributed by atoms with E-state index in [1.807, 2.05) is 24.3 Å². The minimum absolute atomic E-state index is 0.00559. The second-order valence-electron chi connectivity index (χ2n) is 8.41. The topological polar surface area (TPSA) is 49.7 Å². The van der Waals surface area contributed by atoms with Crippen LogP contribution in [-0.2, 0) is 11.2 Å². The van der Waals surface area contributed by atoms with Gasteiger partial charge < -0.3 is 5.11 Å². The van der Waals surface area contributed by atoms with Crippen LogP contribution >= 0.6 is 0 Å². The van der Waals surface area contributed by atoms with E-state index in [-0.39, 0.29) is 23.0 Å². The number of aliphatic hydroxyl groups excluding tert-OH is 1. The van der Waals surface area contributed by atoms with Gasteiger partial charge >= 0.3 is 0 Å². The number of rotatable bonds is 4. The number of Topliss-reactive ketones (excluding diaryl/α,β-unsaturated/α-hetero) is 1. The highest BCUT2D eigenvalue weighted by Gasteiger charge is 2.36. The van der Waals surface area contributed by atoms with Gasteiger partial charge in [-0.2, -0.15) is 0 Å². The van der Waals surface area contributed by atoms with Gasteiger partial charge in [-0.25, -0.2) is 0 Å². The quantitative estimate of drug-likeness (QED) is 0.549. The van der Waals surface area contributed by atoms with Crippen molar-refractivity contribution in [1.82, 2.24) is 0 Å². The van der Waals surface area contributed by atoms with E-state index in [9.17, 15) is 9.90 Å². The Bertz CT molecular complexity index is 916. The van der Waals surface area contributed by atoms with Crippen molar-refractivity contribution >= 4 is 22.3 Å². The highest BCUT2D eigenvalue weighted by atomic mass is 16.3. The summed E-state index contributed by atoms with van der Waals surface area (Å²) in [5.74, 6) is 0.153. The van der Waals surface area contributed by atoms with E-state index in [2.05, 4.69) is 45.9 Å². The molecule has 0 amide bonds. The molecule has 0 saturated heterocycles. The summed E-state index contributed by atoms with van der Waals surface area (Å²) in [7, 11) is 0. The molecule has 1 aliphatic rings. The van der Waals surface area contributed by atoms with Crippen LogP contribution in [0, 0.1) is 5.41 Å². The monoisotopic (exact) mass is 363 g/mol. The third kappa shape index (κ3) is 4.29. The lowest BCUT2D eigenvalue weighted by atomic mass is 9.73. The SMILES string of the molecule is CCC(C)N=C1CC(C)(C)CC(=O)C1=C(O)Cc1cccc2ccccc12. The molecule has 1 aliphatic carbocycles. The Kier molecular flexibility index (Phi) is 5.50. The molecule has 1 atom stereocenters. The summed E-state index contributed by atoms with van der Waals surface area (Å²) in [4.78, 5) is 17.7. The van der Waals surface area contributed by atoms with Crippen LogP contribution in [0.25, 0.3) is 10.8 Å². The Morgan fingerprint density at radius 3 is 2.59 bits per heavy atom. The van der Waals surface area contributed by atoms with E-state index < -0.39 is 0 Å². The Labute approximate surface area is 161 Å². The zero-order valence-electron chi connectivity index (χ0n) is 16.7. The highest BCUT2D eigenvalue weighted by Crippen LogP contribution is 2.36. The van der Waals surface area contributed by atoms with Crippen LogP contribution in [0.5, 0.6) is 0 Å². The van der Waals surface area contributed by atoms with Gasteiger partial charge in [-0.05, 0) is 41.5 Å². The van der Waals surface area contributed by atoms with Gasteiger partial charge in [0.25, 0.3) is 0 Å². The average Bonchev–Trinajstić information content (AvgIpc) is 2.60. The van der Waals surface area contributed by atoms with E-state index in [1.54, 1.807) is 0 Å². The van der Waals surface area contributed by atoms with Crippen molar-refractivity contribution in [3.63, 3.8) is 0 Å². The molecular formula is C24H29NO2. The number of hydrogen-bond donors (Lipinski definition) is 1. The van der Waals surface area contributed by atoms with Crippen LogP contribution in [0.3, 0.4) is 0 Å². The van der Waals surface area contributed by atoms with Gasteiger partial charge in [0.2, 0.25) is 0 Å². The molecule has 0 spiro atoms. The van der Waals surface area contributed by atoms with Crippen LogP contribution in [0.15, 0.2) is 58.8 Å². The molecule has 1 unspecified atom stereocenters. The minimum Gasteiger partial charge on any atom is -0.511 e. The second-order valence-corrected chi connectivity index (χ2v) is 8.41. The fourth-order valence-corrected chi connectivity index (χ4v) is 3.80. The fourth-order valence-electron chi connectivity index (χ4n) is 3.80. The first kappa shape index (κ1) is 19.3. The fraction of sp³-hybridized carbons (Fsp3) is 0.417. The Balaban J connectivity index is 2.04. The summed E-state index contributed by atoms with van der Waals surface area (Å²) in [6.07, 6.45) is 2.43. The normalized spacial score (nSPS) is 21.5. The summed E-state index contributed by atoms with van der Waals surface area (Å²) in [6.45, 7) is 8.33. The van der Waals surface area contributed by atoms with E-state index in [0.29, 0.717) is 18.4 Å². The molecule has 1 fully saturated rings. The smallest absolute Gasteiger partial charge is 0.168 e. The van der Waals surface area contributed by atoms with E-state index in [0.717, 1.165) is 34.9 Å². The van der Waals surface area contributed by atoms with Crippen molar-refractivity contribution in [2.45, 2.75) is 59.4 Å². The van der Waals surface area contributed by atoms with Gasteiger partial charge in [-0.1, -0.05) is 63.2 Å². The van der Waals surface area contributed by atoms with Crippen LogP contribution in [0.1, 0.15) is 52.5 Å². The number of aliphatic hydroxyl groups is 1. The molecule has 2 aromatic rings. The number of carbonyl (C=O) groups excluding carboxylic acids is 1. The van der Waals surface area contributed by atoms with E-state index in [1.165, 1.54) is 0 Å². The first-order valence-corrected chi connectivity index (χ1v) is 9.79. The predicted molar refractivity (Wildman–Crippen MR) is 113 cm³/mol. The minimum atomic E-state index is -0.118. The second kappa shape index (κ2) is 7.67. The summed E-state index contributed by atoms with van der Waals surface area (Å²) >= 11 is 0. The Hall–Kier alpha value is -2.42. The number of ketones is 1. The Morgan fingerprint density at radius 2 is 1.85 bits per heavy atom. The first-order chi connectivity index (χ1) is 12.8. The molecule has 0 radical (unpaired) electrons. The third-order valence-electron chi connectivity index (χ3n) is 5.35. The van der Waals surface area contributed by atoms with Crippen molar-refractivity contribution in [1.29, 1.82) is 0 Å². The van der Waals surface area contributed by atoms with Gasteiger partial charge in [0.05, 0.1) is 5.57 Å². The average molecular weight is 364 g/mol. The van der Waals surface area contributed by atoms with Crippen LogP contribution < -0.4 is 0 Å². The molecule has 2 aromatic carbocycles. The van der Waals surface area contributed by atoms with Gasteiger partial charge in [-0.3, -0.25) is 9.79 Å². The maximum absolute atomic E-state index is 12.9. The van der Waals surface area contributed by atoms with Crippen molar-refractivity contribution in [2.24, 2.45) is 10.4 Å². The number of aliphatic imine (C=N–C) groups is 1. The predicted octanol–water partition coefficient (Wildman–Crippen LogP) is 5.82. The van der Waals surface area contributed by atoms with Gasteiger partial charge in [0, 0.05) is 24.6 Å². The molecule has 27 heavy (non-hydrogen) atoms. The van der Waals surface area contributed by atoms with E-state index >= 15 is 0 Å². The molecule has 3 nitrogen and oxygen atoms in total. The maximum atomic E-state index is 12.9. The van der Waals surface area contributed by atoms with Crippen molar-refractivity contribution in [3.05, 3.63) is 59.4 Å². The zero-order valence-corrected chi connectivity index (χ0v) is 16.7. The standard InChI is InChI=1S/C24H29NO2/c1-5-16(2)25-20-14-24(3,4)15-22(27)23(20)21(26)13-18-11-8-10-17-9-6-7-12-19(17)18/h6-12,16,26H,5,13-15H2,1-4H3. The number of benzene rings is 2. The summed E-state index contributed by atoms with van der Waals surface area (Å²) < 4.78 is 0. The zero-order chi connectivity index (χ0) is 19.6. The lowest BCUT2D eigenvalue weighted by Crippen LogP contribution is -2.33. The highest BCUT2D eigenvalue weighted by molar-refractivity contribution is 6.24. The number of fused-ring (bicyclic) bond motifs is 1. The van der Waals surface area contributed by atoms with Gasteiger partial charge in [0.1, 0.15) is 5.76 Å². The van der Waals surface area contributed by atoms with Gasteiger partial charge in [0.15, 0.2) is 5.78 Å². The molecule has 0 heterocycles. The third-order valence-corrected chi connectivity index (χ3v) is 5.35. The largest absolute Gasteiger partial charge is 0.511 e. The summed E-state index contributed by atoms with van der Waals surface area (Å²) in [6, 6.07) is 14.3. The molecule has 0 bridgehead atoms. The number of allylic oxidation sites excluding steroid dienone is 2. The summed E-state index contributed by atoms with van der Waals surface area (Å²) in [5.41, 5.74) is 2.12. The van der Waals surface area contributed by atoms with Crippen LogP contribution in [0.4, 0.5) is 0 Å². The maximum Gasteiger partial charge on any atom is 0.168 e. The molecule has 1 saturated carbocycles. The lowest BCUT2D eigenvalue weighted by Gasteiger charge is -2.32. The number of nitrogens with zero attached hydrogens (tertiary/aromatic N) is 1. The van der Waals surface area contributed by atoms with Crippen molar-refractivity contribution in [2.75, 3.05) is 0 Å². The number of hydrogen-bond acceptors (Lipinski definition) is 3. The van der Waals surface area contributed by atoms with Crippen molar-refractivity contribution < 1.29 is 9.90 Å². The molecule has 3 rings (SSSR count). The molecule has 0 aromatic heterocycles. The van der Waals surface area contributed by atoms with Gasteiger partial charge in [-0.15, -0.1) is 0 Å².